The Labute approximate surface area is 128 Å². The number of rotatable bonds is 7. The highest BCUT2D eigenvalue weighted by Crippen LogP contribution is 2.14. The molecule has 0 spiro atoms. The van der Waals surface area contributed by atoms with E-state index in [0.29, 0.717) is 17.5 Å². The lowest BCUT2D eigenvalue weighted by molar-refractivity contribution is 0.310. The zero-order chi connectivity index (χ0) is 15.1. The van der Waals surface area contributed by atoms with Crippen LogP contribution in [0.25, 0.3) is 0 Å². The number of ether oxygens (including phenoxy) is 1. The normalized spacial score (nSPS) is 10.6. The molecule has 1 heterocycles. The third-order valence-electron chi connectivity index (χ3n) is 2.91. The Kier molecular flexibility index (Phi) is 5.80. The minimum atomic E-state index is -0.171. The van der Waals surface area contributed by atoms with E-state index in [-0.39, 0.29) is 5.56 Å². The minimum absolute atomic E-state index is 0.171. The van der Waals surface area contributed by atoms with Crippen molar-refractivity contribution in [3.05, 3.63) is 45.9 Å². The molecule has 0 aliphatic carbocycles. The maximum Gasteiger partial charge on any atom is 0.273 e. The van der Waals surface area contributed by atoms with E-state index in [9.17, 15) is 4.79 Å². The van der Waals surface area contributed by atoms with Gasteiger partial charge in [-0.2, -0.15) is 0 Å². The molecule has 5 nitrogen and oxygen atoms in total. The smallest absolute Gasteiger partial charge is 0.273 e. The van der Waals surface area contributed by atoms with Crippen LogP contribution in [0, 0.1) is 13.8 Å². The molecule has 0 saturated carbocycles. The van der Waals surface area contributed by atoms with Crippen molar-refractivity contribution in [1.29, 1.82) is 0 Å². The predicted molar refractivity (Wildman–Crippen MR) is 84.0 cm³/mol. The molecule has 0 radical (unpaired) electrons. The Balaban J connectivity index is 1.62. The number of benzene rings is 1. The number of nitrogens with one attached hydrogen (secondary N) is 1. The molecule has 0 aliphatic rings. The van der Waals surface area contributed by atoms with Crippen molar-refractivity contribution in [2.24, 2.45) is 0 Å². The molecule has 1 aromatic heterocycles. The topological polar surface area (TPSA) is 67.9 Å². The van der Waals surface area contributed by atoms with Gasteiger partial charge in [0.15, 0.2) is 5.16 Å². The molecule has 2 rings (SSSR count). The largest absolute Gasteiger partial charge is 0.494 e. The van der Waals surface area contributed by atoms with E-state index >= 15 is 0 Å². The van der Waals surface area contributed by atoms with Crippen molar-refractivity contribution in [1.82, 2.24) is 15.2 Å². The zero-order valence-corrected chi connectivity index (χ0v) is 13.1. The SMILES string of the molecule is Cc1ccc(OCCCCSc2nnc(C)c(=O)[nH]2)cc1. The average molecular weight is 305 g/mol. The third-order valence-corrected chi connectivity index (χ3v) is 3.86. The highest BCUT2D eigenvalue weighted by atomic mass is 32.2. The molecule has 1 aromatic carbocycles. The summed E-state index contributed by atoms with van der Waals surface area (Å²) in [5, 5.41) is 8.31. The summed E-state index contributed by atoms with van der Waals surface area (Å²) in [5.74, 6) is 1.78. The lowest BCUT2D eigenvalue weighted by Gasteiger charge is -2.06. The van der Waals surface area contributed by atoms with Gasteiger partial charge in [-0.3, -0.25) is 9.78 Å². The number of nitrogens with zero attached hydrogens (tertiary/aromatic N) is 2. The number of thioether (sulfide) groups is 1. The first-order valence-electron chi connectivity index (χ1n) is 6.91. The molecule has 2 aromatic rings. The van der Waals surface area contributed by atoms with Gasteiger partial charge in [0.2, 0.25) is 0 Å². The number of H-pyrrole nitrogens is 1. The number of aromatic amines is 1. The van der Waals surface area contributed by atoms with Gasteiger partial charge in [-0.25, -0.2) is 0 Å². The third kappa shape index (κ3) is 5.23. The summed E-state index contributed by atoms with van der Waals surface area (Å²) in [6, 6.07) is 8.04. The van der Waals surface area contributed by atoms with E-state index < -0.39 is 0 Å². The van der Waals surface area contributed by atoms with Crippen LogP contribution in [0.4, 0.5) is 0 Å². The van der Waals surface area contributed by atoms with Gasteiger partial charge in [0.25, 0.3) is 5.56 Å². The van der Waals surface area contributed by atoms with Crippen molar-refractivity contribution in [2.45, 2.75) is 31.8 Å². The van der Waals surface area contributed by atoms with Gasteiger partial charge < -0.3 is 4.74 Å². The van der Waals surface area contributed by atoms with Crippen LogP contribution in [0.3, 0.4) is 0 Å². The number of hydrogen-bond acceptors (Lipinski definition) is 5. The first kappa shape index (κ1) is 15.6. The molecule has 0 saturated heterocycles. The Morgan fingerprint density at radius 1 is 1.14 bits per heavy atom. The zero-order valence-electron chi connectivity index (χ0n) is 12.3. The molecule has 0 bridgehead atoms. The van der Waals surface area contributed by atoms with E-state index in [2.05, 4.69) is 22.1 Å². The molecular weight excluding hydrogens is 286 g/mol. The highest BCUT2D eigenvalue weighted by molar-refractivity contribution is 7.99. The molecule has 0 aliphatic heterocycles. The van der Waals surface area contributed by atoms with Crippen LogP contribution in [-0.4, -0.2) is 27.5 Å². The van der Waals surface area contributed by atoms with Crippen molar-refractivity contribution >= 4 is 11.8 Å². The summed E-state index contributed by atoms with van der Waals surface area (Å²) < 4.78 is 5.65. The lowest BCUT2D eigenvalue weighted by Crippen LogP contribution is -2.14. The van der Waals surface area contributed by atoms with Gasteiger partial charge >= 0.3 is 0 Å². The Morgan fingerprint density at radius 3 is 2.62 bits per heavy atom. The summed E-state index contributed by atoms with van der Waals surface area (Å²) in [5.41, 5.74) is 1.45. The molecule has 0 amide bonds. The molecule has 0 fully saturated rings. The van der Waals surface area contributed by atoms with Gasteiger partial charge in [0.1, 0.15) is 11.4 Å². The predicted octanol–water partition coefficient (Wildman–Crippen LogP) is 2.73. The quantitative estimate of drug-likeness (QED) is 0.629. The number of unbranched alkanes of at least 4 members (excludes halogenated alkanes) is 1. The van der Waals surface area contributed by atoms with Crippen molar-refractivity contribution in [3.63, 3.8) is 0 Å². The average Bonchev–Trinajstić information content (AvgIpc) is 2.48. The summed E-state index contributed by atoms with van der Waals surface area (Å²) in [6.45, 7) is 4.39. The molecule has 0 unspecified atom stereocenters. The minimum Gasteiger partial charge on any atom is -0.494 e. The second-order valence-corrected chi connectivity index (χ2v) is 5.85. The molecule has 112 valence electrons. The van der Waals surface area contributed by atoms with Crippen LogP contribution in [0.1, 0.15) is 24.1 Å². The van der Waals surface area contributed by atoms with Crippen molar-refractivity contribution in [3.8, 4) is 5.75 Å². The number of aromatic nitrogens is 3. The van der Waals surface area contributed by atoms with Gasteiger partial charge in [-0.1, -0.05) is 29.5 Å². The van der Waals surface area contributed by atoms with Crippen molar-refractivity contribution < 1.29 is 4.74 Å². The Morgan fingerprint density at radius 2 is 1.90 bits per heavy atom. The highest BCUT2D eigenvalue weighted by Gasteiger charge is 2.01. The van der Waals surface area contributed by atoms with Gasteiger partial charge in [-0.15, -0.1) is 10.2 Å². The fraction of sp³-hybridized carbons (Fsp3) is 0.400. The van der Waals surface area contributed by atoms with Crippen molar-refractivity contribution in [2.75, 3.05) is 12.4 Å². The molecule has 1 N–H and O–H groups in total. The van der Waals surface area contributed by atoms with Gasteiger partial charge in [0, 0.05) is 5.75 Å². The van der Waals surface area contributed by atoms with Crippen LogP contribution in [0.15, 0.2) is 34.2 Å². The fourth-order valence-corrected chi connectivity index (χ4v) is 2.45. The van der Waals surface area contributed by atoms with Crippen LogP contribution in [0.5, 0.6) is 5.75 Å². The lowest BCUT2D eigenvalue weighted by atomic mass is 10.2. The summed E-state index contributed by atoms with van der Waals surface area (Å²) in [7, 11) is 0. The number of hydrogen-bond donors (Lipinski definition) is 1. The summed E-state index contributed by atoms with van der Waals surface area (Å²) in [6.07, 6.45) is 1.96. The van der Waals surface area contributed by atoms with E-state index in [4.69, 9.17) is 4.74 Å². The molecule has 0 atom stereocenters. The second-order valence-electron chi connectivity index (χ2n) is 4.76. The van der Waals surface area contributed by atoms with E-state index in [0.717, 1.165) is 24.3 Å². The monoisotopic (exact) mass is 305 g/mol. The van der Waals surface area contributed by atoms with E-state index in [1.54, 1.807) is 6.92 Å². The van der Waals surface area contributed by atoms with Crippen LogP contribution in [-0.2, 0) is 0 Å². The van der Waals surface area contributed by atoms with Crippen LogP contribution >= 0.6 is 11.8 Å². The van der Waals surface area contributed by atoms with Crippen LogP contribution < -0.4 is 10.3 Å². The summed E-state index contributed by atoms with van der Waals surface area (Å²) in [4.78, 5) is 14.1. The van der Waals surface area contributed by atoms with E-state index in [1.807, 2.05) is 24.3 Å². The molecule has 6 heteroatoms. The first-order valence-corrected chi connectivity index (χ1v) is 7.89. The number of aryl methyl sites for hydroxylation is 2. The standard InChI is InChI=1S/C15H19N3O2S/c1-11-5-7-13(8-6-11)20-9-3-4-10-21-15-16-14(19)12(2)17-18-15/h5-8H,3-4,9-10H2,1-2H3,(H,16,18,19). The fourth-order valence-electron chi connectivity index (χ4n) is 1.64. The Bertz CT molecular complexity index is 626. The maximum atomic E-state index is 11.4. The van der Waals surface area contributed by atoms with Gasteiger partial charge in [0.05, 0.1) is 6.61 Å². The Hall–Kier alpha value is -1.82. The molecular formula is C15H19N3O2S. The second kappa shape index (κ2) is 7.83. The maximum absolute atomic E-state index is 11.4. The van der Waals surface area contributed by atoms with Gasteiger partial charge in [-0.05, 0) is 38.8 Å². The summed E-state index contributed by atoms with van der Waals surface area (Å²) >= 11 is 1.51. The molecule has 21 heavy (non-hydrogen) atoms. The van der Waals surface area contributed by atoms with Crippen LogP contribution in [0.2, 0.25) is 0 Å². The first-order chi connectivity index (χ1) is 10.1. The van der Waals surface area contributed by atoms with E-state index in [1.165, 1.54) is 17.3 Å².